The minimum atomic E-state index is 0.210. The lowest BCUT2D eigenvalue weighted by molar-refractivity contribution is -0.135. The Bertz CT molecular complexity index is 250. The van der Waals surface area contributed by atoms with Gasteiger partial charge in [-0.05, 0) is 26.3 Å². The maximum absolute atomic E-state index is 12.1. The summed E-state index contributed by atoms with van der Waals surface area (Å²) in [6, 6.07) is 0.355. The van der Waals surface area contributed by atoms with Crippen LogP contribution in [-0.4, -0.2) is 36.5 Å². The number of carbonyl (C=O) groups excluding carboxylic acids is 1. The molecule has 0 aromatic carbocycles. The van der Waals surface area contributed by atoms with Crippen molar-refractivity contribution >= 4 is 5.91 Å². The largest absolute Gasteiger partial charge is 0.338 e. The summed E-state index contributed by atoms with van der Waals surface area (Å²) in [6.45, 7) is 4.80. The molecule has 0 aromatic rings. The quantitative estimate of drug-likeness (QED) is 0.625. The smallest absolute Gasteiger partial charge is 0.227 e. The molecule has 2 rings (SSSR count). The van der Waals surface area contributed by atoms with Gasteiger partial charge in [-0.3, -0.25) is 4.79 Å². The third-order valence-corrected chi connectivity index (χ3v) is 3.21. The Morgan fingerprint density at radius 3 is 2.93 bits per heavy atom. The van der Waals surface area contributed by atoms with E-state index in [1.54, 1.807) is 0 Å². The Morgan fingerprint density at radius 1 is 1.50 bits per heavy atom. The van der Waals surface area contributed by atoms with E-state index in [9.17, 15) is 4.79 Å². The Morgan fingerprint density at radius 2 is 2.36 bits per heavy atom. The Labute approximate surface area is 85.2 Å². The summed E-state index contributed by atoms with van der Waals surface area (Å²) in [7, 11) is 0. The Hall–Kier alpha value is -0.830. The van der Waals surface area contributed by atoms with Crippen molar-refractivity contribution in [3.8, 4) is 0 Å². The standard InChI is InChI=1S/C11H18N2O/c1-9-10(5-6-12-9)11(14)13-7-3-2-4-8-13/h2-3,9-10,12H,4-8H2,1H3. The fourth-order valence-corrected chi connectivity index (χ4v) is 2.27. The van der Waals surface area contributed by atoms with Gasteiger partial charge in [0.05, 0.1) is 5.92 Å². The lowest BCUT2D eigenvalue weighted by atomic mass is 10.00. The highest BCUT2D eigenvalue weighted by Crippen LogP contribution is 2.19. The molecule has 2 aliphatic heterocycles. The van der Waals surface area contributed by atoms with Gasteiger partial charge < -0.3 is 10.2 Å². The Kier molecular flexibility index (Phi) is 2.87. The van der Waals surface area contributed by atoms with Crippen LogP contribution in [0.3, 0.4) is 0 Å². The lowest BCUT2D eigenvalue weighted by Crippen LogP contribution is -2.41. The summed E-state index contributed by atoms with van der Waals surface area (Å²) in [6.07, 6.45) is 6.26. The SMILES string of the molecule is CC1NCCC1C(=O)N1CC=CCC1. The zero-order valence-electron chi connectivity index (χ0n) is 8.70. The normalized spacial score (nSPS) is 32.2. The summed E-state index contributed by atoms with van der Waals surface area (Å²) < 4.78 is 0. The van der Waals surface area contributed by atoms with Crippen molar-refractivity contribution in [3.63, 3.8) is 0 Å². The van der Waals surface area contributed by atoms with Crippen LogP contribution >= 0.6 is 0 Å². The highest BCUT2D eigenvalue weighted by molar-refractivity contribution is 5.80. The number of nitrogens with zero attached hydrogens (tertiary/aromatic N) is 1. The first-order valence-corrected chi connectivity index (χ1v) is 5.46. The summed E-state index contributed by atoms with van der Waals surface area (Å²) in [4.78, 5) is 14.0. The van der Waals surface area contributed by atoms with Crippen molar-refractivity contribution in [2.45, 2.75) is 25.8 Å². The van der Waals surface area contributed by atoms with Crippen molar-refractivity contribution in [2.75, 3.05) is 19.6 Å². The Balaban J connectivity index is 1.96. The van der Waals surface area contributed by atoms with Gasteiger partial charge in [0, 0.05) is 19.1 Å². The first-order chi connectivity index (χ1) is 6.79. The third kappa shape index (κ3) is 1.82. The van der Waals surface area contributed by atoms with Crippen LogP contribution in [0.2, 0.25) is 0 Å². The molecule has 0 bridgehead atoms. The topological polar surface area (TPSA) is 32.3 Å². The van der Waals surface area contributed by atoms with Crippen LogP contribution in [0.5, 0.6) is 0 Å². The van der Waals surface area contributed by atoms with E-state index in [0.717, 1.165) is 32.5 Å². The molecule has 3 heteroatoms. The van der Waals surface area contributed by atoms with Crippen LogP contribution in [0.4, 0.5) is 0 Å². The van der Waals surface area contributed by atoms with E-state index < -0.39 is 0 Å². The van der Waals surface area contributed by atoms with Crippen molar-refractivity contribution in [1.82, 2.24) is 10.2 Å². The maximum atomic E-state index is 12.1. The first-order valence-electron chi connectivity index (χ1n) is 5.46. The van der Waals surface area contributed by atoms with E-state index in [-0.39, 0.29) is 5.92 Å². The minimum Gasteiger partial charge on any atom is -0.338 e. The van der Waals surface area contributed by atoms with Crippen molar-refractivity contribution < 1.29 is 4.79 Å². The number of hydrogen-bond acceptors (Lipinski definition) is 2. The molecule has 0 spiro atoms. The molecular weight excluding hydrogens is 176 g/mol. The van der Waals surface area contributed by atoms with Crippen LogP contribution in [-0.2, 0) is 4.79 Å². The molecule has 1 amide bonds. The number of carbonyl (C=O) groups is 1. The summed E-state index contributed by atoms with van der Waals surface area (Å²) in [5, 5.41) is 3.32. The van der Waals surface area contributed by atoms with Gasteiger partial charge in [0.1, 0.15) is 0 Å². The second kappa shape index (κ2) is 4.13. The molecule has 0 saturated carbocycles. The molecule has 1 N–H and O–H groups in total. The molecule has 3 nitrogen and oxygen atoms in total. The molecule has 2 unspecified atom stereocenters. The van der Waals surface area contributed by atoms with Gasteiger partial charge in [-0.25, -0.2) is 0 Å². The third-order valence-electron chi connectivity index (χ3n) is 3.21. The minimum absolute atomic E-state index is 0.210. The number of hydrogen-bond donors (Lipinski definition) is 1. The molecule has 0 aliphatic carbocycles. The van der Waals surface area contributed by atoms with Gasteiger partial charge in [-0.15, -0.1) is 0 Å². The molecule has 1 saturated heterocycles. The van der Waals surface area contributed by atoms with Crippen molar-refractivity contribution in [2.24, 2.45) is 5.92 Å². The van der Waals surface area contributed by atoms with E-state index in [1.165, 1.54) is 0 Å². The number of amides is 1. The average Bonchev–Trinajstić information content (AvgIpc) is 2.65. The van der Waals surface area contributed by atoms with Crippen LogP contribution in [0.15, 0.2) is 12.2 Å². The van der Waals surface area contributed by atoms with Gasteiger partial charge >= 0.3 is 0 Å². The highest BCUT2D eigenvalue weighted by Gasteiger charge is 2.32. The van der Waals surface area contributed by atoms with E-state index in [1.807, 2.05) is 4.90 Å². The lowest BCUT2D eigenvalue weighted by Gasteiger charge is -2.27. The summed E-state index contributed by atoms with van der Waals surface area (Å²) >= 11 is 0. The summed E-state index contributed by atoms with van der Waals surface area (Å²) in [5.41, 5.74) is 0. The molecule has 2 heterocycles. The number of nitrogens with one attached hydrogen (secondary N) is 1. The number of rotatable bonds is 1. The van der Waals surface area contributed by atoms with Crippen molar-refractivity contribution in [1.29, 1.82) is 0 Å². The van der Waals surface area contributed by atoms with Gasteiger partial charge in [0.15, 0.2) is 0 Å². The predicted octanol–water partition coefficient (Wildman–Crippen LogP) is 0.773. The van der Waals surface area contributed by atoms with Crippen LogP contribution in [0.1, 0.15) is 19.8 Å². The fraction of sp³-hybridized carbons (Fsp3) is 0.727. The van der Waals surface area contributed by atoms with Gasteiger partial charge in [0.2, 0.25) is 5.91 Å². The van der Waals surface area contributed by atoms with Gasteiger partial charge in [-0.1, -0.05) is 12.2 Å². The predicted molar refractivity (Wildman–Crippen MR) is 55.9 cm³/mol. The molecular formula is C11H18N2O. The second-order valence-electron chi connectivity index (χ2n) is 4.18. The van der Waals surface area contributed by atoms with Crippen molar-refractivity contribution in [3.05, 3.63) is 12.2 Å². The second-order valence-corrected chi connectivity index (χ2v) is 4.18. The van der Waals surface area contributed by atoms with E-state index >= 15 is 0 Å². The zero-order valence-corrected chi connectivity index (χ0v) is 8.70. The summed E-state index contributed by atoms with van der Waals surface area (Å²) in [5.74, 6) is 0.549. The zero-order chi connectivity index (χ0) is 9.97. The van der Waals surface area contributed by atoms with Crippen LogP contribution < -0.4 is 5.32 Å². The monoisotopic (exact) mass is 194 g/mol. The van der Waals surface area contributed by atoms with E-state index in [0.29, 0.717) is 11.9 Å². The molecule has 0 radical (unpaired) electrons. The fourth-order valence-electron chi connectivity index (χ4n) is 2.27. The molecule has 2 aliphatic rings. The first kappa shape index (κ1) is 9.71. The maximum Gasteiger partial charge on any atom is 0.227 e. The molecule has 14 heavy (non-hydrogen) atoms. The van der Waals surface area contributed by atoms with Gasteiger partial charge in [0.25, 0.3) is 0 Å². The van der Waals surface area contributed by atoms with Crippen LogP contribution in [0.25, 0.3) is 0 Å². The molecule has 2 atom stereocenters. The van der Waals surface area contributed by atoms with E-state index in [4.69, 9.17) is 0 Å². The molecule has 1 fully saturated rings. The van der Waals surface area contributed by atoms with E-state index in [2.05, 4.69) is 24.4 Å². The molecule has 78 valence electrons. The van der Waals surface area contributed by atoms with Gasteiger partial charge in [-0.2, -0.15) is 0 Å². The molecule has 0 aromatic heterocycles. The highest BCUT2D eigenvalue weighted by atomic mass is 16.2. The van der Waals surface area contributed by atoms with Crippen LogP contribution in [0, 0.1) is 5.92 Å². The average molecular weight is 194 g/mol.